The van der Waals surface area contributed by atoms with Gasteiger partial charge in [0.05, 0.1) is 0 Å². The Balaban J connectivity index is 1.01. The van der Waals surface area contributed by atoms with Crippen molar-refractivity contribution in [1.82, 2.24) is 0 Å². The summed E-state index contributed by atoms with van der Waals surface area (Å²) in [5.41, 5.74) is 21.7. The molecule has 0 aliphatic heterocycles. The van der Waals surface area contributed by atoms with Crippen molar-refractivity contribution < 1.29 is 4.42 Å². The Morgan fingerprint density at radius 3 is 1.58 bits per heavy atom. The van der Waals surface area contributed by atoms with E-state index in [1.165, 1.54) is 50.1 Å². The van der Waals surface area contributed by atoms with E-state index in [0.29, 0.717) is 0 Å². The zero-order chi connectivity index (χ0) is 44.8. The standard InChI is InChI=1S/C64H47NO/c1-5-7-16-43(6-2)49-27-34-56-57-35-33-55(42-61(57)64(3,4)60(56)41-49)65(53-29-23-46(24-30-53)48-28-36-63-59(40-48)58-21-14-15-22-62(58)66-63)54-31-25-47(26-32-54)52-38-50(44-17-10-8-11-18-44)37-51(39-52)45-19-12-9-13-20-45/h1,6-42H,2-4H3/b16-7-,43-6+. The lowest BCUT2D eigenvalue weighted by molar-refractivity contribution is 0.660. The van der Waals surface area contributed by atoms with E-state index in [-0.39, 0.29) is 5.41 Å². The van der Waals surface area contributed by atoms with Crippen LogP contribution in [0, 0.1) is 12.3 Å². The molecule has 0 saturated carbocycles. The number of rotatable bonds is 9. The summed E-state index contributed by atoms with van der Waals surface area (Å²) in [7, 11) is 0. The molecule has 1 heterocycles. The minimum atomic E-state index is -0.235. The van der Waals surface area contributed by atoms with E-state index in [2.05, 4.69) is 232 Å². The first-order valence-corrected chi connectivity index (χ1v) is 22.6. The van der Waals surface area contributed by atoms with Gasteiger partial charge in [0.1, 0.15) is 11.2 Å². The van der Waals surface area contributed by atoms with E-state index < -0.39 is 0 Å². The molecule has 0 amide bonds. The highest BCUT2D eigenvalue weighted by Crippen LogP contribution is 2.51. The Bertz CT molecular complexity index is 3490. The van der Waals surface area contributed by atoms with Crippen LogP contribution in [-0.4, -0.2) is 0 Å². The van der Waals surface area contributed by atoms with Crippen LogP contribution in [0.1, 0.15) is 37.5 Å². The van der Waals surface area contributed by atoms with Crippen LogP contribution in [-0.2, 0) is 5.41 Å². The quantitative estimate of drug-likeness (QED) is 0.106. The summed E-state index contributed by atoms with van der Waals surface area (Å²) in [6, 6.07) is 74.9. The molecular formula is C64H47NO. The van der Waals surface area contributed by atoms with Crippen LogP contribution in [0.25, 0.3) is 83.1 Å². The molecule has 0 spiro atoms. The van der Waals surface area contributed by atoms with Crippen LogP contribution < -0.4 is 4.90 Å². The third-order valence-electron chi connectivity index (χ3n) is 13.4. The highest BCUT2D eigenvalue weighted by Gasteiger charge is 2.36. The lowest BCUT2D eigenvalue weighted by Crippen LogP contribution is -2.17. The van der Waals surface area contributed by atoms with Crippen molar-refractivity contribution in [2.75, 3.05) is 4.90 Å². The van der Waals surface area contributed by atoms with Gasteiger partial charge in [0.2, 0.25) is 0 Å². The molecule has 1 aliphatic rings. The maximum Gasteiger partial charge on any atom is 0.135 e. The molecule has 314 valence electrons. The summed E-state index contributed by atoms with van der Waals surface area (Å²) in [6.07, 6.45) is 11.5. The summed E-state index contributed by atoms with van der Waals surface area (Å²) in [6.45, 7) is 6.75. The highest BCUT2D eigenvalue weighted by atomic mass is 16.3. The first kappa shape index (κ1) is 40.4. The average Bonchev–Trinajstić information content (AvgIpc) is 3.85. The van der Waals surface area contributed by atoms with Gasteiger partial charge in [-0.05, 0) is 176 Å². The highest BCUT2D eigenvalue weighted by molar-refractivity contribution is 6.06. The lowest BCUT2D eigenvalue weighted by atomic mass is 9.81. The van der Waals surface area contributed by atoms with Crippen molar-refractivity contribution in [3.8, 4) is 68.0 Å². The van der Waals surface area contributed by atoms with Crippen LogP contribution >= 0.6 is 0 Å². The molecular weight excluding hydrogens is 799 g/mol. The molecule has 0 N–H and O–H groups in total. The predicted molar refractivity (Wildman–Crippen MR) is 279 cm³/mol. The van der Waals surface area contributed by atoms with Gasteiger partial charge < -0.3 is 9.32 Å². The fourth-order valence-corrected chi connectivity index (χ4v) is 9.89. The van der Waals surface area contributed by atoms with E-state index >= 15 is 0 Å². The van der Waals surface area contributed by atoms with Gasteiger partial charge in [-0.25, -0.2) is 0 Å². The van der Waals surface area contributed by atoms with Crippen molar-refractivity contribution in [3.63, 3.8) is 0 Å². The number of benzene rings is 9. The monoisotopic (exact) mass is 845 g/mol. The summed E-state index contributed by atoms with van der Waals surface area (Å²) in [5, 5.41) is 2.25. The SMILES string of the molecule is C#C/C=C\C(=C/C)c1ccc2c(c1)C(C)(C)c1cc(N(c3ccc(-c4cc(-c5ccccc5)cc(-c5ccccc5)c4)cc3)c3ccc(-c4ccc5oc6ccccc6c5c4)cc3)ccc1-2. The summed E-state index contributed by atoms with van der Waals surface area (Å²) in [4.78, 5) is 2.39. The molecule has 11 rings (SSSR count). The topological polar surface area (TPSA) is 16.4 Å². The fraction of sp³-hybridized carbons (Fsp3) is 0.0625. The van der Waals surface area contributed by atoms with E-state index in [9.17, 15) is 0 Å². The number of furan rings is 1. The molecule has 10 aromatic rings. The zero-order valence-corrected chi connectivity index (χ0v) is 37.3. The number of nitrogens with zero attached hydrogens (tertiary/aromatic N) is 1. The molecule has 1 aliphatic carbocycles. The van der Waals surface area contributed by atoms with Gasteiger partial charge in [-0.3, -0.25) is 0 Å². The Hall–Kier alpha value is -8.38. The molecule has 0 bridgehead atoms. The molecule has 9 aromatic carbocycles. The molecule has 0 saturated heterocycles. The van der Waals surface area contributed by atoms with Crippen molar-refractivity contribution >= 4 is 44.6 Å². The van der Waals surface area contributed by atoms with Gasteiger partial charge in [-0.1, -0.05) is 153 Å². The Morgan fingerprint density at radius 2 is 0.970 bits per heavy atom. The summed E-state index contributed by atoms with van der Waals surface area (Å²) in [5.74, 6) is 2.65. The third kappa shape index (κ3) is 7.22. The van der Waals surface area contributed by atoms with Gasteiger partial charge in [0.15, 0.2) is 0 Å². The van der Waals surface area contributed by atoms with Crippen molar-refractivity contribution in [1.29, 1.82) is 0 Å². The van der Waals surface area contributed by atoms with E-state index in [0.717, 1.165) is 66.8 Å². The average molecular weight is 846 g/mol. The van der Waals surface area contributed by atoms with Crippen LogP contribution in [0.3, 0.4) is 0 Å². The maximum atomic E-state index is 6.16. The van der Waals surface area contributed by atoms with Gasteiger partial charge in [0, 0.05) is 33.2 Å². The van der Waals surface area contributed by atoms with Crippen LogP contribution in [0.2, 0.25) is 0 Å². The summed E-state index contributed by atoms with van der Waals surface area (Å²) < 4.78 is 6.16. The number of hydrogen-bond acceptors (Lipinski definition) is 2. The second-order valence-electron chi connectivity index (χ2n) is 17.6. The lowest BCUT2D eigenvalue weighted by Gasteiger charge is -2.28. The minimum Gasteiger partial charge on any atom is -0.456 e. The molecule has 0 radical (unpaired) electrons. The first-order chi connectivity index (χ1) is 32.4. The van der Waals surface area contributed by atoms with Gasteiger partial charge >= 0.3 is 0 Å². The normalized spacial score (nSPS) is 12.9. The molecule has 0 atom stereocenters. The summed E-state index contributed by atoms with van der Waals surface area (Å²) >= 11 is 0. The molecule has 0 unspecified atom stereocenters. The Kier molecular flexibility index (Phi) is 10.2. The van der Waals surface area contributed by atoms with Crippen LogP contribution in [0.15, 0.2) is 229 Å². The third-order valence-corrected chi connectivity index (χ3v) is 13.4. The van der Waals surface area contributed by atoms with E-state index in [1.807, 2.05) is 18.2 Å². The molecule has 0 fully saturated rings. The van der Waals surface area contributed by atoms with Crippen molar-refractivity contribution in [2.45, 2.75) is 26.2 Å². The number of hydrogen-bond donors (Lipinski definition) is 0. The number of para-hydroxylation sites is 1. The van der Waals surface area contributed by atoms with Gasteiger partial charge in [-0.2, -0.15) is 0 Å². The zero-order valence-electron chi connectivity index (χ0n) is 37.3. The molecule has 1 aromatic heterocycles. The van der Waals surface area contributed by atoms with E-state index in [4.69, 9.17) is 10.8 Å². The molecule has 66 heavy (non-hydrogen) atoms. The molecule has 2 nitrogen and oxygen atoms in total. The Morgan fingerprint density at radius 1 is 0.470 bits per heavy atom. The van der Waals surface area contributed by atoms with Gasteiger partial charge in [-0.15, -0.1) is 6.42 Å². The largest absolute Gasteiger partial charge is 0.456 e. The number of allylic oxidation sites excluding steroid dienone is 4. The van der Waals surface area contributed by atoms with Crippen LogP contribution in [0.5, 0.6) is 0 Å². The number of anilines is 3. The molecule has 2 heteroatoms. The van der Waals surface area contributed by atoms with Crippen LogP contribution in [0.4, 0.5) is 17.1 Å². The smallest absolute Gasteiger partial charge is 0.135 e. The van der Waals surface area contributed by atoms with E-state index in [1.54, 1.807) is 6.08 Å². The fourth-order valence-electron chi connectivity index (χ4n) is 9.89. The van der Waals surface area contributed by atoms with Crippen molar-refractivity contribution in [2.24, 2.45) is 0 Å². The number of fused-ring (bicyclic) bond motifs is 6. The first-order valence-electron chi connectivity index (χ1n) is 22.6. The minimum absolute atomic E-state index is 0.235. The van der Waals surface area contributed by atoms with Gasteiger partial charge in [0.25, 0.3) is 0 Å². The predicted octanol–water partition coefficient (Wildman–Crippen LogP) is 17.6. The second-order valence-corrected chi connectivity index (χ2v) is 17.6. The second kappa shape index (κ2) is 16.6. The maximum absolute atomic E-state index is 6.16. The van der Waals surface area contributed by atoms with Crippen molar-refractivity contribution in [3.05, 3.63) is 241 Å². The number of terminal acetylenes is 1. The Labute approximate surface area is 387 Å².